The Morgan fingerprint density at radius 2 is 2.15 bits per heavy atom. The monoisotopic (exact) mass is 273 g/mol. The van der Waals surface area contributed by atoms with Crippen molar-refractivity contribution in [2.75, 3.05) is 0 Å². The third-order valence-corrected chi connectivity index (χ3v) is 4.15. The number of hydrogen-bond donors (Lipinski definition) is 1. The van der Waals surface area contributed by atoms with Gasteiger partial charge in [0.25, 0.3) is 0 Å². The molecule has 0 saturated heterocycles. The Bertz CT molecular complexity index is 550. The molecule has 5 nitrogen and oxygen atoms in total. The first-order chi connectivity index (χ1) is 9.72. The number of rotatable bonds is 4. The van der Waals surface area contributed by atoms with Gasteiger partial charge in [-0.25, -0.2) is 4.98 Å². The van der Waals surface area contributed by atoms with Crippen molar-refractivity contribution < 1.29 is 0 Å². The van der Waals surface area contributed by atoms with Gasteiger partial charge in [0.2, 0.25) is 0 Å². The fraction of sp³-hybridized carbons (Fsp3) is 0.600. The van der Waals surface area contributed by atoms with E-state index in [9.17, 15) is 0 Å². The van der Waals surface area contributed by atoms with E-state index in [2.05, 4.69) is 21.9 Å². The SMILES string of the molecule is Cn1cnc(C(N)Cc2ccn(C3CCCCC3)n2)c1. The van der Waals surface area contributed by atoms with Gasteiger partial charge >= 0.3 is 0 Å². The molecule has 0 spiro atoms. The molecule has 1 aliphatic rings. The number of aryl methyl sites for hydroxylation is 1. The second kappa shape index (κ2) is 5.79. The quantitative estimate of drug-likeness (QED) is 0.930. The van der Waals surface area contributed by atoms with Gasteiger partial charge in [0.1, 0.15) is 0 Å². The van der Waals surface area contributed by atoms with Gasteiger partial charge in [-0.1, -0.05) is 19.3 Å². The van der Waals surface area contributed by atoms with Crippen LogP contribution in [0.15, 0.2) is 24.8 Å². The highest BCUT2D eigenvalue weighted by Gasteiger charge is 2.17. The van der Waals surface area contributed by atoms with Crippen LogP contribution in [0, 0.1) is 0 Å². The fourth-order valence-corrected chi connectivity index (χ4v) is 2.99. The third-order valence-electron chi connectivity index (χ3n) is 4.15. The molecule has 1 unspecified atom stereocenters. The first-order valence-corrected chi connectivity index (χ1v) is 7.50. The summed E-state index contributed by atoms with van der Waals surface area (Å²) >= 11 is 0. The Hall–Kier alpha value is -1.62. The average Bonchev–Trinajstić information content (AvgIpc) is 3.09. The normalized spacial score (nSPS) is 18.3. The van der Waals surface area contributed by atoms with Crippen LogP contribution in [0.2, 0.25) is 0 Å². The lowest BCUT2D eigenvalue weighted by molar-refractivity contribution is 0.328. The molecule has 108 valence electrons. The molecule has 0 radical (unpaired) electrons. The van der Waals surface area contributed by atoms with Crippen molar-refractivity contribution in [2.24, 2.45) is 12.8 Å². The Morgan fingerprint density at radius 1 is 1.35 bits per heavy atom. The van der Waals surface area contributed by atoms with E-state index < -0.39 is 0 Å². The minimum Gasteiger partial charge on any atom is -0.340 e. The lowest BCUT2D eigenvalue weighted by atomic mass is 9.96. The number of imidazole rings is 1. The minimum absolute atomic E-state index is 0.0779. The number of nitrogens with two attached hydrogens (primary N) is 1. The van der Waals surface area contributed by atoms with Crippen molar-refractivity contribution in [3.05, 3.63) is 36.2 Å². The van der Waals surface area contributed by atoms with Crippen LogP contribution >= 0.6 is 0 Å². The van der Waals surface area contributed by atoms with Crippen molar-refractivity contribution in [1.29, 1.82) is 0 Å². The van der Waals surface area contributed by atoms with Crippen LogP contribution < -0.4 is 5.73 Å². The van der Waals surface area contributed by atoms with Gasteiger partial charge in [0.05, 0.1) is 29.8 Å². The van der Waals surface area contributed by atoms with E-state index in [0.717, 1.165) is 17.8 Å². The fourth-order valence-electron chi connectivity index (χ4n) is 2.99. The highest BCUT2D eigenvalue weighted by atomic mass is 15.3. The molecule has 2 aromatic rings. The van der Waals surface area contributed by atoms with Gasteiger partial charge < -0.3 is 10.3 Å². The summed E-state index contributed by atoms with van der Waals surface area (Å²) in [5.41, 5.74) is 8.20. The molecule has 2 aromatic heterocycles. The molecule has 0 aliphatic heterocycles. The highest BCUT2D eigenvalue weighted by molar-refractivity contribution is 5.09. The van der Waals surface area contributed by atoms with Crippen LogP contribution in [-0.4, -0.2) is 19.3 Å². The smallest absolute Gasteiger partial charge is 0.0947 e. The van der Waals surface area contributed by atoms with Gasteiger partial charge in [-0.05, 0) is 18.9 Å². The largest absolute Gasteiger partial charge is 0.340 e. The zero-order chi connectivity index (χ0) is 13.9. The maximum absolute atomic E-state index is 6.20. The molecule has 1 fully saturated rings. The van der Waals surface area contributed by atoms with E-state index in [1.807, 2.05) is 17.8 Å². The Morgan fingerprint density at radius 3 is 2.85 bits per heavy atom. The second-order valence-corrected chi connectivity index (χ2v) is 5.85. The van der Waals surface area contributed by atoms with Gasteiger partial charge in [0, 0.05) is 25.9 Å². The molecule has 1 atom stereocenters. The van der Waals surface area contributed by atoms with Crippen LogP contribution in [-0.2, 0) is 13.5 Å². The predicted molar refractivity (Wildman–Crippen MR) is 78.2 cm³/mol. The zero-order valence-corrected chi connectivity index (χ0v) is 12.1. The number of nitrogens with zero attached hydrogens (tertiary/aromatic N) is 4. The topological polar surface area (TPSA) is 61.7 Å². The summed E-state index contributed by atoms with van der Waals surface area (Å²) in [6, 6.07) is 2.60. The molecule has 0 amide bonds. The van der Waals surface area contributed by atoms with E-state index in [0.29, 0.717) is 6.04 Å². The Balaban J connectivity index is 1.64. The van der Waals surface area contributed by atoms with Crippen LogP contribution in [0.3, 0.4) is 0 Å². The minimum atomic E-state index is -0.0779. The van der Waals surface area contributed by atoms with E-state index in [1.165, 1.54) is 32.1 Å². The molecule has 0 aromatic carbocycles. The molecule has 1 aliphatic carbocycles. The third kappa shape index (κ3) is 2.93. The lowest BCUT2D eigenvalue weighted by Crippen LogP contribution is -2.16. The van der Waals surface area contributed by atoms with Gasteiger partial charge in [-0.15, -0.1) is 0 Å². The average molecular weight is 273 g/mol. The van der Waals surface area contributed by atoms with E-state index >= 15 is 0 Å². The summed E-state index contributed by atoms with van der Waals surface area (Å²) in [4.78, 5) is 4.31. The summed E-state index contributed by atoms with van der Waals surface area (Å²) in [5.74, 6) is 0. The molecule has 20 heavy (non-hydrogen) atoms. The van der Waals surface area contributed by atoms with Crippen LogP contribution in [0.5, 0.6) is 0 Å². The highest BCUT2D eigenvalue weighted by Crippen LogP contribution is 2.27. The standard InChI is InChI=1S/C15H23N5/c1-19-10-15(17-11-19)14(16)9-12-7-8-20(18-12)13-5-3-2-4-6-13/h7-8,10-11,13-14H,2-6,9,16H2,1H3. The maximum Gasteiger partial charge on any atom is 0.0947 e. The Labute approximate surface area is 119 Å². The van der Waals surface area contributed by atoms with E-state index in [1.54, 1.807) is 6.33 Å². The van der Waals surface area contributed by atoms with Crippen molar-refractivity contribution in [1.82, 2.24) is 19.3 Å². The van der Waals surface area contributed by atoms with Gasteiger partial charge in [0.15, 0.2) is 0 Å². The molecular weight excluding hydrogens is 250 g/mol. The molecule has 3 rings (SSSR count). The number of hydrogen-bond acceptors (Lipinski definition) is 3. The Kier molecular flexibility index (Phi) is 3.87. The van der Waals surface area contributed by atoms with E-state index in [-0.39, 0.29) is 6.04 Å². The molecular formula is C15H23N5. The summed E-state index contributed by atoms with van der Waals surface area (Å²) in [7, 11) is 1.96. The van der Waals surface area contributed by atoms with Crippen LogP contribution in [0.4, 0.5) is 0 Å². The van der Waals surface area contributed by atoms with Crippen molar-refractivity contribution >= 4 is 0 Å². The lowest BCUT2D eigenvalue weighted by Gasteiger charge is -2.21. The summed E-state index contributed by atoms with van der Waals surface area (Å²) in [6.07, 6.45) is 13.2. The summed E-state index contributed by atoms with van der Waals surface area (Å²) in [5, 5.41) is 4.71. The molecule has 0 bridgehead atoms. The zero-order valence-electron chi connectivity index (χ0n) is 12.1. The van der Waals surface area contributed by atoms with Gasteiger partial charge in [-0.3, -0.25) is 4.68 Å². The van der Waals surface area contributed by atoms with E-state index in [4.69, 9.17) is 10.8 Å². The van der Waals surface area contributed by atoms with Crippen molar-refractivity contribution in [3.8, 4) is 0 Å². The molecule has 1 saturated carbocycles. The summed E-state index contributed by atoms with van der Waals surface area (Å²) < 4.78 is 4.06. The van der Waals surface area contributed by atoms with Gasteiger partial charge in [-0.2, -0.15) is 5.10 Å². The molecule has 2 N–H and O–H groups in total. The second-order valence-electron chi connectivity index (χ2n) is 5.85. The first kappa shape index (κ1) is 13.4. The van der Waals surface area contributed by atoms with Crippen LogP contribution in [0.25, 0.3) is 0 Å². The first-order valence-electron chi connectivity index (χ1n) is 7.50. The van der Waals surface area contributed by atoms with Crippen molar-refractivity contribution in [3.63, 3.8) is 0 Å². The maximum atomic E-state index is 6.20. The van der Waals surface area contributed by atoms with Crippen molar-refractivity contribution in [2.45, 2.75) is 50.6 Å². The predicted octanol–water partition coefficient (Wildman–Crippen LogP) is 2.36. The summed E-state index contributed by atoms with van der Waals surface area (Å²) in [6.45, 7) is 0. The number of aromatic nitrogens is 4. The van der Waals surface area contributed by atoms with Crippen LogP contribution in [0.1, 0.15) is 55.6 Å². The molecule has 5 heteroatoms. The molecule has 2 heterocycles.